The van der Waals surface area contributed by atoms with E-state index in [1.165, 1.54) is 0 Å². The zero-order chi connectivity index (χ0) is 15.0. The molecule has 0 aliphatic heterocycles. The number of carbonyl (C=O) groups is 1. The number of carbonyl (C=O) groups excluding carboxylic acids is 1. The summed E-state index contributed by atoms with van der Waals surface area (Å²) in [5, 5.41) is 3.79. The fourth-order valence-corrected chi connectivity index (χ4v) is 2.88. The molecule has 0 aliphatic rings. The summed E-state index contributed by atoms with van der Waals surface area (Å²) in [6, 6.07) is 13.4. The summed E-state index contributed by atoms with van der Waals surface area (Å²) in [4.78, 5) is 12.3. The fourth-order valence-electron chi connectivity index (χ4n) is 2.28. The lowest BCUT2D eigenvalue weighted by atomic mass is 10.2. The molecule has 2 aromatic carbocycles. The molecule has 0 radical (unpaired) electrons. The minimum Gasteiger partial charge on any atom is -0.451 e. The first-order valence-corrected chi connectivity index (χ1v) is 7.39. The van der Waals surface area contributed by atoms with E-state index in [4.69, 9.17) is 4.42 Å². The number of aryl methyl sites for hydroxylation is 2. The van der Waals surface area contributed by atoms with Crippen LogP contribution in [0.4, 0.5) is 5.69 Å². The smallest absolute Gasteiger partial charge is 0.291 e. The van der Waals surface area contributed by atoms with Gasteiger partial charge in [-0.05, 0) is 55.8 Å². The number of hydrogen-bond donors (Lipinski definition) is 1. The number of amides is 1. The molecule has 3 aromatic rings. The molecule has 0 aliphatic carbocycles. The van der Waals surface area contributed by atoms with E-state index in [9.17, 15) is 4.79 Å². The van der Waals surface area contributed by atoms with Crippen LogP contribution in [0, 0.1) is 13.8 Å². The third-order valence-corrected chi connectivity index (χ3v) is 3.65. The summed E-state index contributed by atoms with van der Waals surface area (Å²) in [6.45, 7) is 3.99. The number of benzene rings is 2. The second-order valence-corrected chi connectivity index (χ2v) is 6.04. The summed E-state index contributed by atoms with van der Waals surface area (Å²) in [6.07, 6.45) is 0. The maximum absolute atomic E-state index is 12.3. The molecule has 1 aromatic heterocycles. The minimum absolute atomic E-state index is 0.249. The normalized spacial score (nSPS) is 10.8. The predicted molar refractivity (Wildman–Crippen MR) is 87.8 cm³/mol. The number of rotatable bonds is 2. The van der Waals surface area contributed by atoms with Crippen molar-refractivity contribution in [3.05, 3.63) is 63.8 Å². The van der Waals surface area contributed by atoms with E-state index in [1.807, 2.05) is 50.2 Å². The zero-order valence-electron chi connectivity index (χ0n) is 11.7. The predicted octanol–water partition coefficient (Wildman–Crippen LogP) is 5.06. The highest BCUT2D eigenvalue weighted by atomic mass is 79.9. The number of furan rings is 1. The maximum atomic E-state index is 12.3. The van der Waals surface area contributed by atoms with E-state index in [0.717, 1.165) is 32.3 Å². The minimum atomic E-state index is -0.249. The monoisotopic (exact) mass is 343 g/mol. The molecule has 4 heteroatoms. The molecule has 1 amide bonds. The molecule has 0 saturated heterocycles. The van der Waals surface area contributed by atoms with Gasteiger partial charge in [0.2, 0.25) is 0 Å². The lowest BCUT2D eigenvalue weighted by Gasteiger charge is -2.05. The largest absolute Gasteiger partial charge is 0.451 e. The van der Waals surface area contributed by atoms with Crippen LogP contribution in [0.2, 0.25) is 0 Å². The number of halogens is 1. The van der Waals surface area contributed by atoms with Crippen LogP contribution in [0.5, 0.6) is 0 Å². The van der Waals surface area contributed by atoms with Crippen LogP contribution in [0.15, 0.2) is 51.4 Å². The van der Waals surface area contributed by atoms with E-state index in [1.54, 1.807) is 6.07 Å². The van der Waals surface area contributed by atoms with Crippen molar-refractivity contribution >= 4 is 38.5 Å². The summed E-state index contributed by atoms with van der Waals surface area (Å²) >= 11 is 3.42. The van der Waals surface area contributed by atoms with Gasteiger partial charge in [0.05, 0.1) is 0 Å². The Hall–Kier alpha value is -2.07. The van der Waals surface area contributed by atoms with Crippen LogP contribution in [0.3, 0.4) is 0 Å². The Balaban J connectivity index is 1.89. The van der Waals surface area contributed by atoms with Gasteiger partial charge >= 0.3 is 0 Å². The van der Waals surface area contributed by atoms with Gasteiger partial charge in [-0.2, -0.15) is 0 Å². The molecule has 0 fully saturated rings. The fraction of sp³-hybridized carbons (Fsp3) is 0.118. The zero-order valence-corrected chi connectivity index (χ0v) is 13.3. The van der Waals surface area contributed by atoms with Gasteiger partial charge in [0, 0.05) is 15.5 Å². The van der Waals surface area contributed by atoms with Gasteiger partial charge in [0.1, 0.15) is 5.58 Å². The summed E-state index contributed by atoms with van der Waals surface area (Å²) in [7, 11) is 0. The molecule has 106 valence electrons. The van der Waals surface area contributed by atoms with Crippen LogP contribution in [-0.2, 0) is 0 Å². The lowest BCUT2D eigenvalue weighted by molar-refractivity contribution is 0.0998. The summed E-state index contributed by atoms with van der Waals surface area (Å²) < 4.78 is 6.52. The number of anilines is 1. The van der Waals surface area contributed by atoms with Crippen molar-refractivity contribution in [3.8, 4) is 0 Å². The second kappa shape index (κ2) is 5.37. The standard InChI is InChI=1S/C17H14BrNO2/c1-10-3-4-15-12(5-10)8-16(21-15)17(20)19-14-7-11(2)6-13(18)9-14/h3-9H,1-2H3,(H,19,20). The molecule has 21 heavy (non-hydrogen) atoms. The molecule has 0 bridgehead atoms. The molecule has 3 nitrogen and oxygen atoms in total. The Bertz CT molecular complexity index is 816. The van der Waals surface area contributed by atoms with Crippen LogP contribution < -0.4 is 5.32 Å². The Kier molecular flexibility index (Phi) is 3.55. The number of nitrogens with one attached hydrogen (secondary N) is 1. The molecule has 1 heterocycles. The average Bonchev–Trinajstić information content (AvgIpc) is 2.80. The molecular formula is C17H14BrNO2. The van der Waals surface area contributed by atoms with E-state index < -0.39 is 0 Å². The molecule has 0 unspecified atom stereocenters. The van der Waals surface area contributed by atoms with Crippen molar-refractivity contribution in [1.29, 1.82) is 0 Å². The van der Waals surface area contributed by atoms with Crippen LogP contribution >= 0.6 is 15.9 Å². The van der Waals surface area contributed by atoms with Gasteiger partial charge in [0.15, 0.2) is 5.76 Å². The molecule has 0 saturated carbocycles. The molecular weight excluding hydrogens is 330 g/mol. The first-order valence-electron chi connectivity index (χ1n) is 6.60. The van der Waals surface area contributed by atoms with Crippen molar-refractivity contribution < 1.29 is 9.21 Å². The van der Waals surface area contributed by atoms with Crippen LogP contribution in [-0.4, -0.2) is 5.91 Å². The van der Waals surface area contributed by atoms with E-state index in [0.29, 0.717) is 5.76 Å². The highest BCUT2D eigenvalue weighted by molar-refractivity contribution is 9.10. The van der Waals surface area contributed by atoms with Gasteiger partial charge in [-0.25, -0.2) is 0 Å². The van der Waals surface area contributed by atoms with Crippen molar-refractivity contribution in [3.63, 3.8) is 0 Å². The number of hydrogen-bond acceptors (Lipinski definition) is 2. The van der Waals surface area contributed by atoms with Crippen LogP contribution in [0.25, 0.3) is 11.0 Å². The van der Waals surface area contributed by atoms with Crippen LogP contribution in [0.1, 0.15) is 21.7 Å². The van der Waals surface area contributed by atoms with Crippen molar-refractivity contribution in [2.24, 2.45) is 0 Å². The first kappa shape index (κ1) is 13.9. The second-order valence-electron chi connectivity index (χ2n) is 5.12. The highest BCUT2D eigenvalue weighted by Gasteiger charge is 2.13. The van der Waals surface area contributed by atoms with Gasteiger partial charge in [0.25, 0.3) is 5.91 Å². The Morgan fingerprint density at radius 3 is 2.62 bits per heavy atom. The van der Waals surface area contributed by atoms with E-state index in [2.05, 4.69) is 21.2 Å². The Labute approximate surface area is 131 Å². The van der Waals surface area contributed by atoms with Gasteiger partial charge in [-0.3, -0.25) is 4.79 Å². The van der Waals surface area contributed by atoms with Crippen molar-refractivity contribution in [2.45, 2.75) is 13.8 Å². The third-order valence-electron chi connectivity index (χ3n) is 3.20. The van der Waals surface area contributed by atoms with Gasteiger partial charge < -0.3 is 9.73 Å². The molecule has 0 spiro atoms. The van der Waals surface area contributed by atoms with Gasteiger partial charge in [-0.15, -0.1) is 0 Å². The van der Waals surface area contributed by atoms with E-state index in [-0.39, 0.29) is 5.91 Å². The number of fused-ring (bicyclic) bond motifs is 1. The quantitative estimate of drug-likeness (QED) is 0.706. The van der Waals surface area contributed by atoms with Crippen molar-refractivity contribution in [2.75, 3.05) is 5.32 Å². The maximum Gasteiger partial charge on any atom is 0.291 e. The highest BCUT2D eigenvalue weighted by Crippen LogP contribution is 2.23. The van der Waals surface area contributed by atoms with E-state index >= 15 is 0 Å². The average molecular weight is 344 g/mol. The molecule has 1 N–H and O–H groups in total. The summed E-state index contributed by atoms with van der Waals surface area (Å²) in [5.41, 5.74) is 3.66. The first-order chi connectivity index (χ1) is 10.0. The van der Waals surface area contributed by atoms with Gasteiger partial charge in [-0.1, -0.05) is 27.6 Å². The Morgan fingerprint density at radius 1 is 1.05 bits per heavy atom. The SMILES string of the molecule is Cc1cc(Br)cc(NC(=O)c2cc3cc(C)ccc3o2)c1. The third kappa shape index (κ3) is 3.00. The lowest BCUT2D eigenvalue weighted by Crippen LogP contribution is -2.10. The topological polar surface area (TPSA) is 42.2 Å². The Morgan fingerprint density at radius 2 is 1.86 bits per heavy atom. The molecule has 0 atom stereocenters. The molecule has 3 rings (SSSR count). The summed E-state index contributed by atoms with van der Waals surface area (Å²) in [5.74, 6) is 0.0644. The van der Waals surface area contributed by atoms with Crippen molar-refractivity contribution in [1.82, 2.24) is 0 Å².